The van der Waals surface area contributed by atoms with Crippen LogP contribution in [0.3, 0.4) is 0 Å². The summed E-state index contributed by atoms with van der Waals surface area (Å²) in [5, 5.41) is 4.75. The van der Waals surface area contributed by atoms with Crippen LogP contribution >= 0.6 is 0 Å². The molecular weight excluding hydrogens is 296 g/mol. The molecule has 7 nitrogen and oxygen atoms in total. The number of carbonyl (C=O) groups excluding carboxylic acids is 1. The van der Waals surface area contributed by atoms with Gasteiger partial charge < -0.3 is 15.2 Å². The third-order valence-corrected chi connectivity index (χ3v) is 3.52. The molecule has 0 spiro atoms. The van der Waals surface area contributed by atoms with Gasteiger partial charge in [-0.3, -0.25) is 9.59 Å². The standard InChI is InChI=1S/C16H16N4O3/c1-9-5-6-12-10(7-9)8-11(16(22)18-12)15-19-14(23-20-15)4-2-3-13(17)21/h5-8H,2-4H2,1H3,(H2,17,21)(H,18,22). The fourth-order valence-electron chi connectivity index (χ4n) is 2.37. The number of rotatable bonds is 5. The van der Waals surface area contributed by atoms with Crippen LogP contribution in [0.25, 0.3) is 22.3 Å². The second-order valence-electron chi connectivity index (χ2n) is 5.43. The number of aryl methyl sites for hydroxylation is 2. The molecular formula is C16H16N4O3. The highest BCUT2D eigenvalue weighted by Gasteiger charge is 2.13. The summed E-state index contributed by atoms with van der Waals surface area (Å²) in [6.45, 7) is 1.98. The number of H-pyrrole nitrogens is 1. The highest BCUT2D eigenvalue weighted by molar-refractivity contribution is 5.82. The van der Waals surface area contributed by atoms with Gasteiger partial charge >= 0.3 is 0 Å². The number of nitrogens with zero attached hydrogens (tertiary/aromatic N) is 2. The van der Waals surface area contributed by atoms with Gasteiger partial charge in [-0.05, 0) is 36.9 Å². The maximum atomic E-state index is 12.2. The molecule has 2 aromatic heterocycles. The van der Waals surface area contributed by atoms with Gasteiger partial charge in [-0.1, -0.05) is 16.8 Å². The molecule has 0 saturated carbocycles. The van der Waals surface area contributed by atoms with Crippen molar-refractivity contribution in [2.24, 2.45) is 5.73 Å². The first-order chi connectivity index (χ1) is 11.0. The fourth-order valence-corrected chi connectivity index (χ4v) is 2.37. The molecule has 23 heavy (non-hydrogen) atoms. The van der Waals surface area contributed by atoms with Crippen LogP contribution in [0.4, 0.5) is 0 Å². The summed E-state index contributed by atoms with van der Waals surface area (Å²) in [6, 6.07) is 7.52. The molecule has 0 aliphatic carbocycles. The summed E-state index contributed by atoms with van der Waals surface area (Å²) >= 11 is 0. The number of hydrogen-bond donors (Lipinski definition) is 2. The number of fused-ring (bicyclic) bond motifs is 1. The second kappa shape index (κ2) is 6.04. The molecule has 0 saturated heterocycles. The number of hydrogen-bond acceptors (Lipinski definition) is 5. The Morgan fingerprint density at radius 2 is 2.17 bits per heavy atom. The van der Waals surface area contributed by atoms with Crippen LogP contribution in [0, 0.1) is 6.92 Å². The predicted octanol–water partition coefficient (Wildman–Crippen LogP) is 1.69. The molecule has 0 fully saturated rings. The van der Waals surface area contributed by atoms with Crippen LogP contribution in [-0.2, 0) is 11.2 Å². The van der Waals surface area contributed by atoms with Gasteiger partial charge in [0.2, 0.25) is 17.6 Å². The second-order valence-corrected chi connectivity index (χ2v) is 5.43. The van der Waals surface area contributed by atoms with Crippen LogP contribution in [0.1, 0.15) is 24.3 Å². The number of primary amides is 1. The van der Waals surface area contributed by atoms with E-state index in [-0.39, 0.29) is 23.7 Å². The highest BCUT2D eigenvalue weighted by Crippen LogP contribution is 2.18. The smallest absolute Gasteiger partial charge is 0.259 e. The predicted molar refractivity (Wildman–Crippen MR) is 84.7 cm³/mol. The van der Waals surface area contributed by atoms with E-state index in [2.05, 4.69) is 15.1 Å². The molecule has 7 heteroatoms. The number of nitrogens with one attached hydrogen (secondary N) is 1. The molecule has 2 heterocycles. The van der Waals surface area contributed by atoms with E-state index >= 15 is 0 Å². The van der Waals surface area contributed by atoms with Gasteiger partial charge in [-0.15, -0.1) is 0 Å². The van der Waals surface area contributed by atoms with E-state index in [0.717, 1.165) is 16.5 Å². The topological polar surface area (TPSA) is 115 Å². The van der Waals surface area contributed by atoms with E-state index in [4.69, 9.17) is 10.3 Å². The zero-order valence-corrected chi connectivity index (χ0v) is 12.6. The summed E-state index contributed by atoms with van der Waals surface area (Å²) in [7, 11) is 0. The summed E-state index contributed by atoms with van der Waals surface area (Å²) in [5.74, 6) is 0.250. The third-order valence-electron chi connectivity index (χ3n) is 3.52. The van der Waals surface area contributed by atoms with Gasteiger partial charge in [0, 0.05) is 18.4 Å². The van der Waals surface area contributed by atoms with Crippen molar-refractivity contribution < 1.29 is 9.32 Å². The lowest BCUT2D eigenvalue weighted by molar-refractivity contribution is -0.118. The molecule has 0 radical (unpaired) electrons. The first-order valence-corrected chi connectivity index (χ1v) is 7.28. The Balaban J connectivity index is 1.91. The Morgan fingerprint density at radius 1 is 1.35 bits per heavy atom. The summed E-state index contributed by atoms with van der Waals surface area (Å²) in [5.41, 5.74) is 7.02. The average molecular weight is 312 g/mol. The molecule has 1 amide bonds. The van der Waals surface area contributed by atoms with Crippen molar-refractivity contribution in [3.05, 3.63) is 46.1 Å². The average Bonchev–Trinajstić information content (AvgIpc) is 2.95. The van der Waals surface area contributed by atoms with Gasteiger partial charge in [0.05, 0.1) is 5.56 Å². The number of carbonyl (C=O) groups is 1. The van der Waals surface area contributed by atoms with Crippen molar-refractivity contribution in [2.75, 3.05) is 0 Å². The number of benzene rings is 1. The Morgan fingerprint density at radius 3 is 2.96 bits per heavy atom. The molecule has 0 aliphatic rings. The summed E-state index contributed by atoms with van der Waals surface area (Å²) in [4.78, 5) is 29.9. The van der Waals surface area contributed by atoms with E-state index in [9.17, 15) is 9.59 Å². The molecule has 3 aromatic rings. The fraction of sp³-hybridized carbons (Fsp3) is 0.250. The Hall–Kier alpha value is -2.96. The Bertz CT molecular complexity index is 926. The van der Waals surface area contributed by atoms with Crippen molar-refractivity contribution in [1.82, 2.24) is 15.1 Å². The molecule has 0 atom stereocenters. The number of aromatic amines is 1. The van der Waals surface area contributed by atoms with Gasteiger partial charge in [-0.25, -0.2) is 0 Å². The summed E-state index contributed by atoms with van der Waals surface area (Å²) in [6.07, 6.45) is 1.23. The van der Waals surface area contributed by atoms with Crippen molar-refractivity contribution in [3.63, 3.8) is 0 Å². The normalized spacial score (nSPS) is 11.0. The molecule has 118 valence electrons. The van der Waals surface area contributed by atoms with E-state index in [1.54, 1.807) is 6.07 Å². The minimum atomic E-state index is -0.369. The molecule has 0 aliphatic heterocycles. The lowest BCUT2D eigenvalue weighted by Crippen LogP contribution is -2.10. The Labute approximate surface area is 131 Å². The van der Waals surface area contributed by atoms with Gasteiger partial charge in [0.25, 0.3) is 5.56 Å². The van der Waals surface area contributed by atoms with Crippen LogP contribution in [0.15, 0.2) is 33.6 Å². The quantitative estimate of drug-likeness (QED) is 0.744. The minimum Gasteiger partial charge on any atom is -0.370 e. The molecule has 0 unspecified atom stereocenters. The molecule has 3 N–H and O–H groups in total. The number of pyridine rings is 1. The first-order valence-electron chi connectivity index (χ1n) is 7.28. The Kier molecular flexibility index (Phi) is 3.92. The van der Waals surface area contributed by atoms with E-state index in [0.29, 0.717) is 24.3 Å². The van der Waals surface area contributed by atoms with Crippen LogP contribution in [0.5, 0.6) is 0 Å². The van der Waals surface area contributed by atoms with Crippen molar-refractivity contribution in [1.29, 1.82) is 0 Å². The van der Waals surface area contributed by atoms with Crippen molar-refractivity contribution >= 4 is 16.8 Å². The first kappa shape index (κ1) is 15.0. The van der Waals surface area contributed by atoms with Gasteiger partial charge in [0.15, 0.2) is 0 Å². The van der Waals surface area contributed by atoms with Crippen molar-refractivity contribution in [3.8, 4) is 11.4 Å². The number of nitrogens with two attached hydrogens (primary N) is 1. The molecule has 1 aromatic carbocycles. The SMILES string of the molecule is Cc1ccc2[nH]c(=O)c(-c3noc(CCCC(N)=O)n3)cc2c1. The van der Waals surface area contributed by atoms with E-state index in [1.807, 2.05) is 25.1 Å². The molecule has 0 bridgehead atoms. The van der Waals surface area contributed by atoms with Crippen LogP contribution in [0.2, 0.25) is 0 Å². The zero-order chi connectivity index (χ0) is 16.4. The summed E-state index contributed by atoms with van der Waals surface area (Å²) < 4.78 is 5.13. The number of aromatic nitrogens is 3. The monoisotopic (exact) mass is 312 g/mol. The van der Waals surface area contributed by atoms with Gasteiger partial charge in [-0.2, -0.15) is 4.98 Å². The highest BCUT2D eigenvalue weighted by atomic mass is 16.5. The number of amides is 1. The van der Waals surface area contributed by atoms with Gasteiger partial charge in [0.1, 0.15) is 0 Å². The molecule has 3 rings (SSSR count). The van der Waals surface area contributed by atoms with Crippen molar-refractivity contribution in [2.45, 2.75) is 26.2 Å². The zero-order valence-electron chi connectivity index (χ0n) is 12.6. The largest absolute Gasteiger partial charge is 0.370 e. The minimum absolute atomic E-state index is 0.240. The maximum Gasteiger partial charge on any atom is 0.259 e. The van der Waals surface area contributed by atoms with E-state index in [1.165, 1.54) is 0 Å². The van der Waals surface area contributed by atoms with Crippen LogP contribution < -0.4 is 11.3 Å². The lowest BCUT2D eigenvalue weighted by atomic mass is 10.1. The third kappa shape index (κ3) is 3.28. The maximum absolute atomic E-state index is 12.2. The van der Waals surface area contributed by atoms with Crippen LogP contribution in [-0.4, -0.2) is 21.0 Å². The van der Waals surface area contributed by atoms with E-state index < -0.39 is 0 Å². The lowest BCUT2D eigenvalue weighted by Gasteiger charge is -2.01.